The average molecular weight is 184 g/mol. The Hall–Kier alpha value is -0.990. The number of hydrogen-bond donors (Lipinski definition) is 2. The second-order valence-corrected chi connectivity index (χ2v) is 3.36. The zero-order chi connectivity index (χ0) is 10.1. The van der Waals surface area contributed by atoms with Crippen LogP contribution >= 0.6 is 0 Å². The lowest BCUT2D eigenvalue weighted by atomic mass is 10.2. The fourth-order valence-corrected chi connectivity index (χ4v) is 0.746. The molecular formula is C10H20N2O. The van der Waals surface area contributed by atoms with Crippen LogP contribution in [-0.2, 0) is 0 Å². The van der Waals surface area contributed by atoms with E-state index in [1.165, 1.54) is 0 Å². The quantitative estimate of drug-likeness (QED) is 0.632. The largest absolute Gasteiger partial charge is 0.338 e. The van der Waals surface area contributed by atoms with Crippen molar-refractivity contribution >= 4 is 6.03 Å². The first-order valence-corrected chi connectivity index (χ1v) is 4.87. The first-order valence-electron chi connectivity index (χ1n) is 4.87. The van der Waals surface area contributed by atoms with Crippen LogP contribution in [0.2, 0.25) is 0 Å². The van der Waals surface area contributed by atoms with Gasteiger partial charge in [-0.05, 0) is 12.3 Å². The van der Waals surface area contributed by atoms with Gasteiger partial charge in [0.25, 0.3) is 0 Å². The minimum atomic E-state index is -0.120. The number of urea groups is 1. The molecule has 2 N–H and O–H groups in total. The van der Waals surface area contributed by atoms with Gasteiger partial charge in [0.1, 0.15) is 0 Å². The van der Waals surface area contributed by atoms with Crippen molar-refractivity contribution in [2.75, 3.05) is 6.54 Å². The number of rotatable bonds is 5. The van der Waals surface area contributed by atoms with Gasteiger partial charge in [0.2, 0.25) is 0 Å². The summed E-state index contributed by atoms with van der Waals surface area (Å²) < 4.78 is 0. The number of hydrogen-bond acceptors (Lipinski definition) is 1. The Kier molecular flexibility index (Phi) is 7.07. The second kappa shape index (κ2) is 7.65. The molecule has 0 heterocycles. The predicted molar refractivity (Wildman–Crippen MR) is 55.4 cm³/mol. The number of amides is 2. The van der Waals surface area contributed by atoms with Crippen LogP contribution < -0.4 is 10.6 Å². The lowest BCUT2D eigenvalue weighted by Crippen LogP contribution is -2.32. The molecule has 0 aromatic heterocycles. The molecule has 0 spiro atoms. The van der Waals surface area contributed by atoms with Crippen molar-refractivity contribution in [2.24, 2.45) is 5.92 Å². The molecular weight excluding hydrogens is 164 g/mol. The van der Waals surface area contributed by atoms with Crippen molar-refractivity contribution < 1.29 is 4.79 Å². The van der Waals surface area contributed by atoms with E-state index in [2.05, 4.69) is 31.4 Å². The Bertz CT molecular complexity index is 164. The molecule has 0 fully saturated rings. The molecule has 0 unspecified atom stereocenters. The van der Waals surface area contributed by atoms with Crippen molar-refractivity contribution in [3.8, 4) is 0 Å². The van der Waals surface area contributed by atoms with E-state index in [9.17, 15) is 4.79 Å². The highest BCUT2D eigenvalue weighted by Crippen LogP contribution is 1.90. The number of nitrogens with one attached hydrogen (secondary N) is 2. The molecule has 0 aliphatic carbocycles. The minimum Gasteiger partial charge on any atom is -0.338 e. The highest BCUT2D eigenvalue weighted by Gasteiger charge is 1.93. The molecule has 2 amide bonds. The van der Waals surface area contributed by atoms with Gasteiger partial charge >= 0.3 is 6.03 Å². The fraction of sp³-hybridized carbons (Fsp3) is 0.700. The molecule has 0 rings (SSSR count). The number of allylic oxidation sites excluding steroid dienone is 1. The smallest absolute Gasteiger partial charge is 0.318 e. The Morgan fingerprint density at radius 2 is 2.15 bits per heavy atom. The maximum absolute atomic E-state index is 11.0. The fourth-order valence-electron chi connectivity index (χ4n) is 0.746. The van der Waals surface area contributed by atoms with Gasteiger partial charge in [-0.15, -0.1) is 0 Å². The van der Waals surface area contributed by atoms with Crippen molar-refractivity contribution in [1.82, 2.24) is 10.6 Å². The lowest BCUT2D eigenvalue weighted by molar-refractivity contribution is 0.244. The van der Waals surface area contributed by atoms with Gasteiger partial charge in [0.15, 0.2) is 0 Å². The maximum atomic E-state index is 11.0. The van der Waals surface area contributed by atoms with Crippen molar-refractivity contribution in [2.45, 2.75) is 33.6 Å². The van der Waals surface area contributed by atoms with Gasteiger partial charge in [-0.3, -0.25) is 0 Å². The average Bonchev–Trinajstić information content (AvgIpc) is 2.04. The third-order valence-electron chi connectivity index (χ3n) is 1.51. The van der Waals surface area contributed by atoms with Crippen LogP contribution in [0.3, 0.4) is 0 Å². The Morgan fingerprint density at radius 1 is 1.46 bits per heavy atom. The lowest BCUT2D eigenvalue weighted by Gasteiger charge is -2.02. The maximum Gasteiger partial charge on any atom is 0.318 e. The van der Waals surface area contributed by atoms with E-state index < -0.39 is 0 Å². The van der Waals surface area contributed by atoms with E-state index in [4.69, 9.17) is 0 Å². The summed E-state index contributed by atoms with van der Waals surface area (Å²) in [7, 11) is 0. The van der Waals surface area contributed by atoms with E-state index in [-0.39, 0.29) is 6.03 Å². The van der Waals surface area contributed by atoms with Crippen LogP contribution in [0, 0.1) is 5.92 Å². The van der Waals surface area contributed by atoms with Crippen LogP contribution in [0.15, 0.2) is 12.3 Å². The van der Waals surface area contributed by atoms with Crippen molar-refractivity contribution in [3.05, 3.63) is 12.3 Å². The summed E-state index contributed by atoms with van der Waals surface area (Å²) in [5.41, 5.74) is 0. The van der Waals surface area contributed by atoms with Crippen molar-refractivity contribution in [3.63, 3.8) is 0 Å². The molecule has 3 nitrogen and oxygen atoms in total. The summed E-state index contributed by atoms with van der Waals surface area (Å²) in [5.74, 6) is 0.468. The predicted octanol–water partition coefficient (Wildman–Crippen LogP) is 2.26. The topological polar surface area (TPSA) is 41.1 Å². The minimum absolute atomic E-state index is 0.120. The van der Waals surface area contributed by atoms with Gasteiger partial charge in [0.05, 0.1) is 0 Å². The first kappa shape index (κ1) is 12.0. The van der Waals surface area contributed by atoms with Gasteiger partial charge in [-0.2, -0.15) is 0 Å². The zero-order valence-electron chi connectivity index (χ0n) is 8.76. The highest BCUT2D eigenvalue weighted by molar-refractivity contribution is 5.74. The van der Waals surface area contributed by atoms with E-state index in [0.29, 0.717) is 5.92 Å². The van der Waals surface area contributed by atoms with Crippen LogP contribution in [0.5, 0.6) is 0 Å². The van der Waals surface area contributed by atoms with E-state index in [0.717, 1.165) is 19.4 Å². The summed E-state index contributed by atoms with van der Waals surface area (Å²) in [6.07, 6.45) is 5.76. The SMILES string of the molecule is CCCCNC(=O)N/C=C/C(C)C. The van der Waals surface area contributed by atoms with E-state index in [1.54, 1.807) is 6.20 Å². The standard InChI is InChI=1S/C10H20N2O/c1-4-5-7-11-10(13)12-8-6-9(2)3/h6,8-9H,4-5,7H2,1-3H3,(H2,11,12,13)/b8-6+. The summed E-state index contributed by atoms with van der Waals surface area (Å²) >= 11 is 0. The third-order valence-corrected chi connectivity index (χ3v) is 1.51. The molecule has 3 heteroatoms. The normalized spacial score (nSPS) is 10.8. The molecule has 0 aromatic carbocycles. The first-order chi connectivity index (χ1) is 6.16. The van der Waals surface area contributed by atoms with Gasteiger partial charge in [-0.25, -0.2) is 4.79 Å². The summed E-state index contributed by atoms with van der Waals surface area (Å²) in [6, 6.07) is -0.120. The molecule has 0 radical (unpaired) electrons. The van der Waals surface area contributed by atoms with Crippen LogP contribution in [0.1, 0.15) is 33.6 Å². The summed E-state index contributed by atoms with van der Waals surface area (Å²) in [6.45, 7) is 6.97. The van der Waals surface area contributed by atoms with Crippen molar-refractivity contribution in [1.29, 1.82) is 0 Å². The summed E-state index contributed by atoms with van der Waals surface area (Å²) in [4.78, 5) is 11.0. The number of carbonyl (C=O) groups excluding carboxylic acids is 1. The number of unbranched alkanes of at least 4 members (excludes halogenated alkanes) is 1. The molecule has 76 valence electrons. The van der Waals surface area contributed by atoms with E-state index in [1.807, 2.05) is 6.08 Å². The molecule has 0 bridgehead atoms. The third kappa shape index (κ3) is 8.92. The van der Waals surface area contributed by atoms with Gasteiger partial charge in [0, 0.05) is 12.7 Å². The molecule has 0 atom stereocenters. The monoisotopic (exact) mass is 184 g/mol. The molecule has 0 saturated carbocycles. The highest BCUT2D eigenvalue weighted by atomic mass is 16.2. The van der Waals surface area contributed by atoms with Crippen LogP contribution in [0.25, 0.3) is 0 Å². The van der Waals surface area contributed by atoms with Crippen LogP contribution in [0.4, 0.5) is 4.79 Å². The summed E-state index contributed by atoms with van der Waals surface area (Å²) in [5, 5.41) is 5.40. The van der Waals surface area contributed by atoms with Gasteiger partial charge in [-0.1, -0.05) is 33.3 Å². The molecule has 0 aliphatic rings. The molecule has 0 saturated heterocycles. The molecule has 0 aliphatic heterocycles. The number of carbonyl (C=O) groups is 1. The Morgan fingerprint density at radius 3 is 2.69 bits per heavy atom. The van der Waals surface area contributed by atoms with Gasteiger partial charge < -0.3 is 10.6 Å². The van der Waals surface area contributed by atoms with E-state index >= 15 is 0 Å². The Labute approximate surface area is 80.6 Å². The second-order valence-electron chi connectivity index (χ2n) is 3.36. The zero-order valence-corrected chi connectivity index (χ0v) is 8.76. The van der Waals surface area contributed by atoms with Crippen LogP contribution in [-0.4, -0.2) is 12.6 Å². The molecule has 13 heavy (non-hydrogen) atoms. The molecule has 0 aromatic rings. The Balaban J connectivity index is 3.40.